The Morgan fingerprint density at radius 3 is 2.79 bits per heavy atom. The van der Waals surface area contributed by atoms with Crippen LogP contribution in [0.15, 0.2) is 29.6 Å². The second-order valence-corrected chi connectivity index (χ2v) is 9.30. The molecule has 0 saturated heterocycles. The highest BCUT2D eigenvalue weighted by molar-refractivity contribution is 7.10. The third-order valence-corrected chi connectivity index (χ3v) is 5.78. The summed E-state index contributed by atoms with van der Waals surface area (Å²) in [6.07, 6.45) is 3.21. The number of thiophene rings is 1. The first-order valence-electron chi connectivity index (χ1n) is 9.37. The van der Waals surface area contributed by atoms with Crippen molar-refractivity contribution in [2.24, 2.45) is 0 Å². The first-order chi connectivity index (χ1) is 12.8. The molecule has 0 bridgehead atoms. The van der Waals surface area contributed by atoms with Crippen LogP contribution < -0.4 is 10.2 Å². The van der Waals surface area contributed by atoms with Crippen LogP contribution in [-0.2, 0) is 24.2 Å². The number of fused-ring (bicyclic) bond motifs is 1. The van der Waals surface area contributed by atoms with Crippen LogP contribution >= 0.6 is 35.3 Å². The van der Waals surface area contributed by atoms with Crippen molar-refractivity contribution in [3.05, 3.63) is 50.7 Å². The molecule has 1 N–H and O–H groups in total. The number of carbonyl (C=O) groups excluding carboxylic acids is 1. The van der Waals surface area contributed by atoms with E-state index in [1.165, 1.54) is 35.4 Å². The van der Waals surface area contributed by atoms with E-state index in [9.17, 15) is 4.79 Å². The molecule has 2 aromatic rings. The number of halogens is 2. The Bertz CT molecular complexity index is 802. The lowest BCUT2D eigenvalue weighted by Gasteiger charge is -2.23. The van der Waals surface area contributed by atoms with Crippen LogP contribution in [0.4, 0.5) is 10.5 Å². The van der Waals surface area contributed by atoms with Gasteiger partial charge in [0.15, 0.2) is 0 Å². The summed E-state index contributed by atoms with van der Waals surface area (Å²) < 4.78 is 5.26. The first kappa shape index (κ1) is 22.9. The van der Waals surface area contributed by atoms with E-state index in [2.05, 4.69) is 27.7 Å². The molecule has 0 aliphatic carbocycles. The molecule has 1 aliphatic rings. The van der Waals surface area contributed by atoms with Gasteiger partial charge in [0.25, 0.3) is 0 Å². The normalized spacial score (nSPS) is 13.9. The van der Waals surface area contributed by atoms with Crippen LogP contribution in [-0.4, -0.2) is 18.2 Å². The van der Waals surface area contributed by atoms with Crippen LogP contribution in [0.2, 0.25) is 5.02 Å². The molecule has 0 fully saturated rings. The van der Waals surface area contributed by atoms with E-state index >= 15 is 0 Å². The molecule has 1 aliphatic heterocycles. The van der Waals surface area contributed by atoms with E-state index < -0.39 is 11.7 Å². The predicted molar refractivity (Wildman–Crippen MR) is 120 cm³/mol. The first-order valence-corrected chi connectivity index (χ1v) is 10.6. The van der Waals surface area contributed by atoms with Gasteiger partial charge in [-0.1, -0.05) is 23.7 Å². The molecule has 4 nitrogen and oxygen atoms in total. The highest BCUT2D eigenvalue weighted by Crippen LogP contribution is 2.32. The number of hydrogen-bond acceptors (Lipinski definition) is 4. The van der Waals surface area contributed by atoms with E-state index in [1.807, 2.05) is 44.2 Å². The maximum atomic E-state index is 11.8. The lowest BCUT2D eigenvalue weighted by atomic mass is 10.1. The number of aryl methyl sites for hydroxylation is 1. The quantitative estimate of drug-likeness (QED) is 0.613. The third kappa shape index (κ3) is 6.29. The number of benzene rings is 1. The average molecular weight is 443 g/mol. The van der Waals surface area contributed by atoms with E-state index in [0.29, 0.717) is 11.6 Å². The maximum Gasteiger partial charge on any atom is 0.407 e. The summed E-state index contributed by atoms with van der Waals surface area (Å²) in [4.78, 5) is 15.7. The molecule has 1 amide bonds. The number of ether oxygens (including phenoxy) is 1. The van der Waals surface area contributed by atoms with Gasteiger partial charge in [0.1, 0.15) is 5.60 Å². The minimum Gasteiger partial charge on any atom is -0.444 e. The van der Waals surface area contributed by atoms with E-state index in [1.54, 1.807) is 0 Å². The molecule has 2 heterocycles. The maximum absolute atomic E-state index is 11.8. The summed E-state index contributed by atoms with van der Waals surface area (Å²) in [5, 5.41) is 5.61. The number of amides is 1. The second kappa shape index (κ2) is 9.86. The molecule has 154 valence electrons. The van der Waals surface area contributed by atoms with Crippen LogP contribution in [0.25, 0.3) is 0 Å². The number of hydrogen-bond donors (Lipinski definition) is 1. The van der Waals surface area contributed by atoms with Gasteiger partial charge < -0.3 is 15.0 Å². The standard InChI is InChI=1S/C21H27ClN2O2S.ClH/c1-21(2,3)26-20(25)23-13-16-8-7-15(12-17(16)22)14-24-10-5-4-6-19-18(24)9-11-27-19;/h7-9,11-12H,4-6,10,13-14H2,1-3H3,(H,23,25);1H. The van der Waals surface area contributed by atoms with Gasteiger partial charge in [-0.15, -0.1) is 23.7 Å². The molecule has 1 aromatic heterocycles. The Labute approximate surface area is 182 Å². The minimum absolute atomic E-state index is 0. The summed E-state index contributed by atoms with van der Waals surface area (Å²) in [5.41, 5.74) is 2.92. The van der Waals surface area contributed by atoms with Crippen molar-refractivity contribution in [2.45, 2.75) is 58.7 Å². The zero-order valence-electron chi connectivity index (χ0n) is 16.6. The molecule has 0 spiro atoms. The Hall–Kier alpha value is -1.43. The zero-order chi connectivity index (χ0) is 19.4. The SMILES string of the molecule is CC(C)(C)OC(=O)NCc1ccc(CN2CCCCc3sccc32)cc1Cl.Cl. The van der Waals surface area contributed by atoms with Crippen LogP contribution in [0, 0.1) is 0 Å². The van der Waals surface area contributed by atoms with Crippen LogP contribution in [0.3, 0.4) is 0 Å². The summed E-state index contributed by atoms with van der Waals surface area (Å²) >= 11 is 8.32. The number of nitrogens with one attached hydrogen (secondary N) is 1. The van der Waals surface area contributed by atoms with Gasteiger partial charge in [-0.05, 0) is 68.7 Å². The fraction of sp³-hybridized carbons (Fsp3) is 0.476. The van der Waals surface area contributed by atoms with E-state index in [0.717, 1.165) is 18.7 Å². The zero-order valence-corrected chi connectivity index (χ0v) is 19.0. The van der Waals surface area contributed by atoms with Crippen LogP contribution in [0.1, 0.15) is 49.6 Å². The summed E-state index contributed by atoms with van der Waals surface area (Å²) in [5.74, 6) is 0. The third-order valence-electron chi connectivity index (χ3n) is 4.46. The Morgan fingerprint density at radius 2 is 2.07 bits per heavy atom. The minimum atomic E-state index is -0.509. The summed E-state index contributed by atoms with van der Waals surface area (Å²) in [6.45, 7) is 7.81. The molecule has 3 rings (SSSR count). The lowest BCUT2D eigenvalue weighted by molar-refractivity contribution is 0.0523. The molecule has 1 aromatic carbocycles. The highest BCUT2D eigenvalue weighted by Gasteiger charge is 2.18. The molecule has 0 radical (unpaired) electrons. The van der Waals surface area contributed by atoms with Crippen molar-refractivity contribution in [3.63, 3.8) is 0 Å². The number of anilines is 1. The van der Waals surface area contributed by atoms with Crippen molar-refractivity contribution < 1.29 is 9.53 Å². The number of rotatable bonds is 4. The number of nitrogens with zero attached hydrogens (tertiary/aromatic N) is 1. The molecular formula is C21H28Cl2N2O2S. The van der Waals surface area contributed by atoms with Gasteiger partial charge in [0.05, 0.1) is 5.69 Å². The average Bonchev–Trinajstić information content (AvgIpc) is 2.96. The predicted octanol–water partition coefficient (Wildman–Crippen LogP) is 6.19. The van der Waals surface area contributed by atoms with Gasteiger partial charge in [-0.2, -0.15) is 0 Å². The topological polar surface area (TPSA) is 41.6 Å². The van der Waals surface area contributed by atoms with Crippen molar-refractivity contribution in [3.8, 4) is 0 Å². The Kier molecular flexibility index (Phi) is 8.05. The van der Waals surface area contributed by atoms with E-state index in [-0.39, 0.29) is 12.4 Å². The molecule has 7 heteroatoms. The Morgan fingerprint density at radius 1 is 1.29 bits per heavy atom. The number of carbonyl (C=O) groups is 1. The molecule has 0 saturated carbocycles. The van der Waals surface area contributed by atoms with Crippen molar-refractivity contribution in [1.82, 2.24) is 5.32 Å². The fourth-order valence-electron chi connectivity index (χ4n) is 3.21. The lowest BCUT2D eigenvalue weighted by Crippen LogP contribution is -2.32. The van der Waals surface area contributed by atoms with Gasteiger partial charge in [0, 0.05) is 29.5 Å². The van der Waals surface area contributed by atoms with Crippen LogP contribution in [0.5, 0.6) is 0 Å². The molecular weight excluding hydrogens is 415 g/mol. The van der Waals surface area contributed by atoms with Gasteiger partial charge in [-0.3, -0.25) is 0 Å². The monoisotopic (exact) mass is 442 g/mol. The summed E-state index contributed by atoms with van der Waals surface area (Å²) in [7, 11) is 0. The van der Waals surface area contributed by atoms with Crippen molar-refractivity contribution in [1.29, 1.82) is 0 Å². The summed E-state index contributed by atoms with van der Waals surface area (Å²) in [6, 6.07) is 8.31. The molecule has 0 unspecified atom stereocenters. The van der Waals surface area contributed by atoms with Gasteiger partial charge in [-0.25, -0.2) is 4.79 Å². The van der Waals surface area contributed by atoms with Crippen molar-refractivity contribution in [2.75, 3.05) is 11.4 Å². The molecule has 28 heavy (non-hydrogen) atoms. The van der Waals surface area contributed by atoms with Gasteiger partial charge in [0.2, 0.25) is 0 Å². The second-order valence-electron chi connectivity index (χ2n) is 7.89. The molecule has 0 atom stereocenters. The smallest absolute Gasteiger partial charge is 0.407 e. The van der Waals surface area contributed by atoms with Crippen molar-refractivity contribution >= 4 is 47.1 Å². The fourth-order valence-corrected chi connectivity index (χ4v) is 4.42. The highest BCUT2D eigenvalue weighted by atomic mass is 35.5. The van der Waals surface area contributed by atoms with E-state index in [4.69, 9.17) is 16.3 Å². The largest absolute Gasteiger partial charge is 0.444 e. The Balaban J connectivity index is 0.00000280. The van der Waals surface area contributed by atoms with Gasteiger partial charge >= 0.3 is 6.09 Å². The number of alkyl carbamates (subject to hydrolysis) is 1.